The SMILES string of the molecule is CCN(CC)C(=O)NCCCO. The van der Waals surface area contributed by atoms with Gasteiger partial charge in [-0.2, -0.15) is 0 Å². The van der Waals surface area contributed by atoms with E-state index in [0.717, 1.165) is 13.1 Å². The van der Waals surface area contributed by atoms with E-state index in [1.165, 1.54) is 0 Å². The molecule has 0 atom stereocenters. The summed E-state index contributed by atoms with van der Waals surface area (Å²) in [5, 5.41) is 11.2. The van der Waals surface area contributed by atoms with E-state index in [1.54, 1.807) is 4.90 Å². The third kappa shape index (κ3) is 4.18. The molecule has 0 fully saturated rings. The molecule has 72 valence electrons. The minimum absolute atomic E-state index is 0.0477. The van der Waals surface area contributed by atoms with Gasteiger partial charge in [-0.15, -0.1) is 0 Å². The van der Waals surface area contributed by atoms with Gasteiger partial charge in [-0.05, 0) is 20.3 Å². The summed E-state index contributed by atoms with van der Waals surface area (Å²) in [6.07, 6.45) is 0.618. The first-order chi connectivity index (χ1) is 5.76. The molecule has 0 aliphatic rings. The van der Waals surface area contributed by atoms with Gasteiger partial charge >= 0.3 is 6.03 Å². The first kappa shape index (κ1) is 11.2. The van der Waals surface area contributed by atoms with E-state index >= 15 is 0 Å². The molecule has 0 saturated heterocycles. The molecule has 0 radical (unpaired) electrons. The maximum absolute atomic E-state index is 11.2. The van der Waals surface area contributed by atoms with Crippen LogP contribution < -0.4 is 5.32 Å². The predicted molar refractivity (Wildman–Crippen MR) is 48.0 cm³/mol. The van der Waals surface area contributed by atoms with Crippen molar-refractivity contribution in [2.75, 3.05) is 26.2 Å². The fraction of sp³-hybridized carbons (Fsp3) is 0.875. The molecule has 0 heterocycles. The zero-order valence-electron chi connectivity index (χ0n) is 7.84. The molecule has 4 nitrogen and oxygen atoms in total. The predicted octanol–water partition coefficient (Wildman–Crippen LogP) is 0.420. The molecule has 0 bridgehead atoms. The van der Waals surface area contributed by atoms with Crippen LogP contribution in [0.5, 0.6) is 0 Å². The third-order valence-electron chi connectivity index (χ3n) is 1.66. The summed E-state index contributed by atoms with van der Waals surface area (Å²) in [7, 11) is 0. The Hall–Kier alpha value is -0.770. The molecular weight excluding hydrogens is 156 g/mol. The van der Waals surface area contributed by atoms with Crippen molar-refractivity contribution in [1.29, 1.82) is 0 Å². The molecule has 0 aromatic carbocycles. The molecule has 0 rings (SSSR count). The average Bonchev–Trinajstić information content (AvgIpc) is 2.07. The first-order valence-electron chi connectivity index (χ1n) is 4.39. The molecule has 0 aromatic heterocycles. The molecule has 0 aromatic rings. The second-order valence-corrected chi connectivity index (χ2v) is 2.48. The Morgan fingerprint density at radius 3 is 2.42 bits per heavy atom. The van der Waals surface area contributed by atoms with Crippen molar-refractivity contribution >= 4 is 6.03 Å². The third-order valence-corrected chi connectivity index (χ3v) is 1.66. The number of urea groups is 1. The number of carbonyl (C=O) groups is 1. The van der Waals surface area contributed by atoms with E-state index in [0.29, 0.717) is 13.0 Å². The van der Waals surface area contributed by atoms with Crippen LogP contribution in [0.2, 0.25) is 0 Å². The zero-order chi connectivity index (χ0) is 9.40. The van der Waals surface area contributed by atoms with Gasteiger partial charge in [0.25, 0.3) is 0 Å². The summed E-state index contributed by atoms with van der Waals surface area (Å²) >= 11 is 0. The second-order valence-electron chi connectivity index (χ2n) is 2.48. The van der Waals surface area contributed by atoms with Crippen molar-refractivity contribution in [3.05, 3.63) is 0 Å². The Bertz CT molecular complexity index is 124. The van der Waals surface area contributed by atoms with Gasteiger partial charge in [0.05, 0.1) is 0 Å². The number of amides is 2. The lowest BCUT2D eigenvalue weighted by Gasteiger charge is -2.18. The van der Waals surface area contributed by atoms with Crippen molar-refractivity contribution < 1.29 is 9.90 Å². The molecule has 0 aliphatic heterocycles. The molecule has 12 heavy (non-hydrogen) atoms. The topological polar surface area (TPSA) is 52.6 Å². The number of hydrogen-bond donors (Lipinski definition) is 2. The smallest absolute Gasteiger partial charge is 0.317 e. The number of aliphatic hydroxyl groups excluding tert-OH is 1. The Balaban J connectivity index is 3.54. The highest BCUT2D eigenvalue weighted by molar-refractivity contribution is 5.73. The number of carbonyl (C=O) groups excluding carboxylic acids is 1. The van der Waals surface area contributed by atoms with E-state index in [2.05, 4.69) is 5.32 Å². The van der Waals surface area contributed by atoms with Crippen molar-refractivity contribution in [1.82, 2.24) is 10.2 Å². The van der Waals surface area contributed by atoms with Gasteiger partial charge < -0.3 is 15.3 Å². The lowest BCUT2D eigenvalue weighted by atomic mass is 10.4. The quantitative estimate of drug-likeness (QED) is 0.593. The summed E-state index contributed by atoms with van der Waals surface area (Å²) in [4.78, 5) is 12.9. The number of nitrogens with one attached hydrogen (secondary N) is 1. The summed E-state index contributed by atoms with van der Waals surface area (Å²) < 4.78 is 0. The highest BCUT2D eigenvalue weighted by Gasteiger charge is 2.06. The average molecular weight is 174 g/mol. The van der Waals surface area contributed by atoms with Crippen molar-refractivity contribution in [2.45, 2.75) is 20.3 Å². The summed E-state index contributed by atoms with van der Waals surface area (Å²) in [6, 6.07) is -0.0477. The summed E-state index contributed by atoms with van der Waals surface area (Å²) in [6.45, 7) is 6.00. The van der Waals surface area contributed by atoms with Crippen LogP contribution in [0, 0.1) is 0 Å². The van der Waals surface area contributed by atoms with Gasteiger partial charge in [-0.3, -0.25) is 0 Å². The van der Waals surface area contributed by atoms with E-state index < -0.39 is 0 Å². The molecule has 2 N–H and O–H groups in total. The largest absolute Gasteiger partial charge is 0.396 e. The van der Waals surface area contributed by atoms with Gasteiger partial charge in [-0.1, -0.05) is 0 Å². The Kier molecular flexibility index (Phi) is 6.47. The maximum atomic E-state index is 11.2. The Morgan fingerprint density at radius 2 is 2.00 bits per heavy atom. The molecule has 0 aliphatic carbocycles. The van der Waals surface area contributed by atoms with E-state index in [9.17, 15) is 4.79 Å². The van der Waals surface area contributed by atoms with Gasteiger partial charge in [0, 0.05) is 26.2 Å². The zero-order valence-corrected chi connectivity index (χ0v) is 7.84. The van der Waals surface area contributed by atoms with Crippen LogP contribution in [0.1, 0.15) is 20.3 Å². The molecule has 0 spiro atoms. The fourth-order valence-electron chi connectivity index (χ4n) is 0.897. The van der Waals surface area contributed by atoms with Gasteiger partial charge in [0.15, 0.2) is 0 Å². The maximum Gasteiger partial charge on any atom is 0.317 e. The van der Waals surface area contributed by atoms with Crippen LogP contribution in [0.3, 0.4) is 0 Å². The highest BCUT2D eigenvalue weighted by atomic mass is 16.3. The number of hydrogen-bond acceptors (Lipinski definition) is 2. The minimum atomic E-state index is -0.0477. The second kappa shape index (κ2) is 6.91. The van der Waals surface area contributed by atoms with Gasteiger partial charge in [-0.25, -0.2) is 4.79 Å². The molecule has 2 amide bonds. The van der Waals surface area contributed by atoms with Crippen molar-refractivity contribution in [3.63, 3.8) is 0 Å². The standard InChI is InChI=1S/C8H18N2O2/c1-3-10(4-2)8(12)9-6-5-7-11/h11H,3-7H2,1-2H3,(H,9,12). The fourth-order valence-corrected chi connectivity index (χ4v) is 0.897. The van der Waals surface area contributed by atoms with Crippen LogP contribution in [-0.2, 0) is 0 Å². The first-order valence-corrected chi connectivity index (χ1v) is 4.39. The Labute approximate surface area is 73.6 Å². The summed E-state index contributed by atoms with van der Waals surface area (Å²) in [5.41, 5.74) is 0. The molecule has 0 unspecified atom stereocenters. The van der Waals surface area contributed by atoms with Crippen LogP contribution in [0.15, 0.2) is 0 Å². The van der Waals surface area contributed by atoms with E-state index in [1.807, 2.05) is 13.8 Å². The molecular formula is C8H18N2O2. The van der Waals surface area contributed by atoms with Gasteiger partial charge in [0.1, 0.15) is 0 Å². The monoisotopic (exact) mass is 174 g/mol. The number of nitrogens with zero attached hydrogens (tertiary/aromatic N) is 1. The van der Waals surface area contributed by atoms with Crippen molar-refractivity contribution in [3.8, 4) is 0 Å². The number of aliphatic hydroxyl groups is 1. The number of rotatable bonds is 5. The highest BCUT2D eigenvalue weighted by Crippen LogP contribution is 1.87. The van der Waals surface area contributed by atoms with Crippen LogP contribution in [0.25, 0.3) is 0 Å². The van der Waals surface area contributed by atoms with Crippen LogP contribution in [-0.4, -0.2) is 42.3 Å². The van der Waals surface area contributed by atoms with E-state index in [4.69, 9.17) is 5.11 Å². The lowest BCUT2D eigenvalue weighted by molar-refractivity contribution is 0.201. The van der Waals surface area contributed by atoms with Crippen molar-refractivity contribution in [2.24, 2.45) is 0 Å². The molecule has 0 saturated carbocycles. The lowest BCUT2D eigenvalue weighted by Crippen LogP contribution is -2.40. The molecule has 4 heteroatoms. The van der Waals surface area contributed by atoms with Crippen LogP contribution in [0.4, 0.5) is 4.79 Å². The normalized spacial score (nSPS) is 9.58. The summed E-state index contributed by atoms with van der Waals surface area (Å²) in [5.74, 6) is 0. The van der Waals surface area contributed by atoms with Gasteiger partial charge in [0.2, 0.25) is 0 Å². The minimum Gasteiger partial charge on any atom is -0.396 e. The van der Waals surface area contributed by atoms with E-state index in [-0.39, 0.29) is 12.6 Å². The Morgan fingerprint density at radius 1 is 1.42 bits per heavy atom. The van der Waals surface area contributed by atoms with Crippen LogP contribution >= 0.6 is 0 Å².